The van der Waals surface area contributed by atoms with E-state index in [0.717, 1.165) is 0 Å². The molecule has 0 amide bonds. The predicted molar refractivity (Wildman–Crippen MR) is 52.0 cm³/mol. The van der Waals surface area contributed by atoms with Crippen LogP contribution in [0.15, 0.2) is 16.6 Å². The number of amidine groups is 1. The molecule has 12 heavy (non-hydrogen) atoms. The van der Waals surface area contributed by atoms with Gasteiger partial charge in [0.05, 0.1) is 12.1 Å². The zero-order valence-corrected chi connectivity index (χ0v) is 7.76. The Morgan fingerprint density at radius 3 is 3.33 bits per heavy atom. The van der Waals surface area contributed by atoms with Gasteiger partial charge in [-0.05, 0) is 18.2 Å². The Hall–Kier alpha value is -0.440. The Kier molecular flexibility index (Phi) is 1.47. The summed E-state index contributed by atoms with van der Waals surface area (Å²) in [6.07, 6.45) is 7.60. The highest BCUT2D eigenvalue weighted by atomic mass is 32.2. The summed E-state index contributed by atoms with van der Waals surface area (Å²) < 4.78 is 0. The van der Waals surface area contributed by atoms with Crippen LogP contribution in [0.1, 0.15) is 25.7 Å². The van der Waals surface area contributed by atoms with Gasteiger partial charge in [-0.15, -0.1) is 0 Å². The molecule has 1 saturated carbocycles. The number of fused-ring (bicyclic) bond motifs is 3. The van der Waals surface area contributed by atoms with Crippen molar-refractivity contribution in [3.05, 3.63) is 11.6 Å². The highest BCUT2D eigenvalue weighted by Gasteiger charge is 2.37. The lowest BCUT2D eigenvalue weighted by Gasteiger charge is -2.28. The smallest absolute Gasteiger partial charge is 0.168 e. The second-order valence-corrected chi connectivity index (χ2v) is 4.51. The van der Waals surface area contributed by atoms with Crippen LogP contribution in [0.25, 0.3) is 0 Å². The van der Waals surface area contributed by atoms with Crippen molar-refractivity contribution in [1.29, 1.82) is 0 Å². The molecule has 1 aliphatic carbocycles. The van der Waals surface area contributed by atoms with Crippen LogP contribution in [0.4, 0.5) is 0 Å². The van der Waals surface area contributed by atoms with Gasteiger partial charge in [0.1, 0.15) is 0 Å². The quantitative estimate of drug-likeness (QED) is 0.568. The maximum atomic E-state index is 4.72. The van der Waals surface area contributed by atoms with Gasteiger partial charge in [-0.25, -0.2) is 0 Å². The molecular weight excluding hydrogens is 168 g/mol. The Labute approximate surface area is 76.7 Å². The number of hydrogen-bond donors (Lipinski definition) is 0. The largest absolute Gasteiger partial charge is 0.322 e. The fourth-order valence-electron chi connectivity index (χ4n) is 2.34. The Bertz CT molecular complexity index is 259. The molecular formula is C9H12N2S. The molecule has 2 heterocycles. The lowest BCUT2D eigenvalue weighted by Crippen LogP contribution is -2.35. The molecule has 2 nitrogen and oxygen atoms in total. The van der Waals surface area contributed by atoms with E-state index in [-0.39, 0.29) is 0 Å². The molecule has 1 fully saturated rings. The summed E-state index contributed by atoms with van der Waals surface area (Å²) in [6, 6.07) is 1.33. The van der Waals surface area contributed by atoms with Gasteiger partial charge in [0.15, 0.2) is 5.17 Å². The normalized spacial score (nSPS) is 38.0. The van der Waals surface area contributed by atoms with Gasteiger partial charge in [-0.3, -0.25) is 4.99 Å². The molecule has 0 unspecified atom stereocenters. The molecule has 2 aliphatic heterocycles. The topological polar surface area (TPSA) is 15.6 Å². The first-order chi connectivity index (χ1) is 5.95. The van der Waals surface area contributed by atoms with Crippen LogP contribution in [0.5, 0.6) is 0 Å². The van der Waals surface area contributed by atoms with E-state index in [9.17, 15) is 0 Å². The summed E-state index contributed by atoms with van der Waals surface area (Å²) in [6.45, 7) is 0. The Balaban J connectivity index is 1.90. The minimum atomic E-state index is 0.617. The second-order valence-electron chi connectivity index (χ2n) is 3.64. The SMILES string of the molecule is C1=CN2C(=N[C@H]3CCCC[C@H]32)S1. The summed E-state index contributed by atoms with van der Waals surface area (Å²) in [5, 5.41) is 3.39. The first-order valence-electron chi connectivity index (χ1n) is 4.64. The lowest BCUT2D eigenvalue weighted by molar-refractivity contribution is 0.297. The standard InChI is InChI=1S/C9H12N2S/c1-2-4-8-7(3-1)10-9-11(8)5-6-12-9/h5-8H,1-4H2/t7-,8+/m0/s1. The minimum Gasteiger partial charge on any atom is -0.322 e. The van der Waals surface area contributed by atoms with Gasteiger partial charge < -0.3 is 4.90 Å². The number of nitrogens with zero attached hydrogens (tertiary/aromatic N) is 2. The van der Waals surface area contributed by atoms with Gasteiger partial charge >= 0.3 is 0 Å². The molecule has 3 heteroatoms. The number of rotatable bonds is 0. The second kappa shape index (κ2) is 2.52. The molecule has 0 aromatic rings. The Morgan fingerprint density at radius 2 is 2.33 bits per heavy atom. The molecule has 0 spiro atoms. The molecule has 0 N–H and O–H groups in total. The average Bonchev–Trinajstić information content (AvgIpc) is 2.62. The van der Waals surface area contributed by atoms with E-state index in [4.69, 9.17) is 4.99 Å². The molecule has 0 aromatic heterocycles. The van der Waals surface area contributed by atoms with Gasteiger partial charge in [0.2, 0.25) is 0 Å². The van der Waals surface area contributed by atoms with Crippen LogP contribution in [-0.4, -0.2) is 22.2 Å². The molecule has 0 radical (unpaired) electrons. The van der Waals surface area contributed by atoms with E-state index in [0.29, 0.717) is 12.1 Å². The fraction of sp³-hybridized carbons (Fsp3) is 0.667. The summed E-state index contributed by atoms with van der Waals surface area (Å²) in [7, 11) is 0. The first-order valence-corrected chi connectivity index (χ1v) is 5.52. The van der Waals surface area contributed by atoms with E-state index >= 15 is 0 Å². The number of thioether (sulfide) groups is 1. The maximum Gasteiger partial charge on any atom is 0.168 e. The minimum absolute atomic E-state index is 0.617. The predicted octanol–water partition coefficient (Wildman–Crippen LogP) is 2.19. The van der Waals surface area contributed by atoms with Crippen molar-refractivity contribution in [2.75, 3.05) is 0 Å². The van der Waals surface area contributed by atoms with E-state index < -0.39 is 0 Å². The summed E-state index contributed by atoms with van der Waals surface area (Å²) in [5.41, 5.74) is 0. The van der Waals surface area contributed by atoms with Gasteiger partial charge in [-0.2, -0.15) is 0 Å². The van der Waals surface area contributed by atoms with Crippen molar-refractivity contribution in [2.45, 2.75) is 37.8 Å². The van der Waals surface area contributed by atoms with Crippen LogP contribution in [0.3, 0.4) is 0 Å². The van der Waals surface area contributed by atoms with Gasteiger partial charge in [0.25, 0.3) is 0 Å². The molecule has 3 aliphatic rings. The van der Waals surface area contributed by atoms with E-state index in [2.05, 4.69) is 16.5 Å². The molecule has 2 atom stereocenters. The average molecular weight is 180 g/mol. The number of hydrogen-bond acceptors (Lipinski definition) is 3. The third-order valence-corrected chi connectivity index (χ3v) is 3.73. The summed E-state index contributed by atoms with van der Waals surface area (Å²) in [5.74, 6) is 0. The van der Waals surface area contributed by atoms with Crippen molar-refractivity contribution in [2.24, 2.45) is 4.99 Å². The molecule has 64 valence electrons. The first kappa shape index (κ1) is 7.01. The lowest BCUT2D eigenvalue weighted by atomic mass is 9.91. The van der Waals surface area contributed by atoms with Gasteiger partial charge in [0, 0.05) is 6.20 Å². The van der Waals surface area contributed by atoms with Crippen molar-refractivity contribution in [3.63, 3.8) is 0 Å². The van der Waals surface area contributed by atoms with Crippen LogP contribution in [-0.2, 0) is 0 Å². The van der Waals surface area contributed by atoms with Crippen molar-refractivity contribution < 1.29 is 0 Å². The molecule has 0 saturated heterocycles. The van der Waals surface area contributed by atoms with Crippen molar-refractivity contribution >= 4 is 16.9 Å². The molecule has 3 rings (SSSR count). The van der Waals surface area contributed by atoms with E-state index in [1.165, 1.54) is 30.9 Å². The zero-order chi connectivity index (χ0) is 7.97. The third kappa shape index (κ3) is 0.859. The Morgan fingerprint density at radius 1 is 1.42 bits per heavy atom. The van der Waals surface area contributed by atoms with Crippen LogP contribution in [0.2, 0.25) is 0 Å². The highest BCUT2D eigenvalue weighted by Crippen LogP contribution is 2.36. The zero-order valence-electron chi connectivity index (χ0n) is 6.94. The third-order valence-electron chi connectivity index (χ3n) is 2.94. The van der Waals surface area contributed by atoms with Crippen LogP contribution in [0, 0.1) is 0 Å². The van der Waals surface area contributed by atoms with E-state index in [1.54, 1.807) is 11.8 Å². The van der Waals surface area contributed by atoms with Gasteiger partial charge in [-0.1, -0.05) is 24.6 Å². The summed E-state index contributed by atoms with van der Waals surface area (Å²) >= 11 is 1.77. The van der Waals surface area contributed by atoms with Crippen LogP contribution < -0.4 is 0 Å². The van der Waals surface area contributed by atoms with Crippen LogP contribution >= 0.6 is 11.8 Å². The highest BCUT2D eigenvalue weighted by molar-refractivity contribution is 8.16. The van der Waals surface area contributed by atoms with Crippen molar-refractivity contribution in [1.82, 2.24) is 4.90 Å². The monoisotopic (exact) mass is 180 g/mol. The summed E-state index contributed by atoms with van der Waals surface area (Å²) in [4.78, 5) is 7.08. The van der Waals surface area contributed by atoms with E-state index in [1.807, 2.05) is 0 Å². The fourth-order valence-corrected chi connectivity index (χ4v) is 3.17. The molecule has 0 bridgehead atoms. The van der Waals surface area contributed by atoms with Crippen molar-refractivity contribution in [3.8, 4) is 0 Å². The maximum absolute atomic E-state index is 4.72. The molecule has 0 aromatic carbocycles. The number of aliphatic imine (C=N–C) groups is 1.